The highest BCUT2D eigenvalue weighted by atomic mass is 32.1. The second kappa shape index (κ2) is 6.69. The molecule has 0 saturated carbocycles. The molecule has 1 aliphatic heterocycles. The third kappa shape index (κ3) is 2.97. The molecule has 5 heteroatoms. The number of aromatic hydroxyl groups is 1. The summed E-state index contributed by atoms with van der Waals surface area (Å²) >= 11 is 1.66. The maximum atomic E-state index is 12.9. The summed E-state index contributed by atoms with van der Waals surface area (Å²) in [7, 11) is 1.95. The number of carbonyl (C=O) groups excluding carboxylic acids is 1. The van der Waals surface area contributed by atoms with Crippen LogP contribution in [0.3, 0.4) is 0 Å². The summed E-state index contributed by atoms with van der Waals surface area (Å²) in [6.45, 7) is 0. The number of thiophene rings is 1. The predicted octanol–water partition coefficient (Wildman–Crippen LogP) is 4.47. The normalized spacial score (nSPS) is 16.0. The highest BCUT2D eigenvalue weighted by Gasteiger charge is 2.30. The molecule has 4 nitrogen and oxygen atoms in total. The van der Waals surface area contributed by atoms with Crippen LogP contribution in [0.5, 0.6) is 5.75 Å². The van der Waals surface area contributed by atoms with Gasteiger partial charge in [0, 0.05) is 23.8 Å². The van der Waals surface area contributed by atoms with Gasteiger partial charge in [-0.25, -0.2) is 0 Å². The molecule has 0 spiro atoms. The molecule has 1 amide bonds. The molecule has 3 aromatic rings. The Bertz CT molecular complexity index is 965. The topological polar surface area (TPSA) is 52.6 Å². The standard InChI is InChI=1S/C21H18N2O2S/c1-23-13-18(21(25)22-14-6-3-2-4-7-14)16-10-9-15(24)12-17(16)20(23)19-8-5-11-26-19/h2-13,20,24H,1H3,(H,22,25). The number of phenols is 1. The molecule has 4 rings (SSSR count). The fraction of sp³-hybridized carbons (Fsp3) is 0.0952. The Hall–Kier alpha value is -3.05. The number of fused-ring (bicyclic) bond motifs is 1. The zero-order valence-electron chi connectivity index (χ0n) is 14.2. The van der Waals surface area contributed by atoms with Crippen LogP contribution in [0.4, 0.5) is 5.69 Å². The highest BCUT2D eigenvalue weighted by Crippen LogP contribution is 2.41. The molecule has 0 fully saturated rings. The molecule has 1 unspecified atom stereocenters. The van der Waals surface area contributed by atoms with E-state index in [-0.39, 0.29) is 17.7 Å². The zero-order chi connectivity index (χ0) is 18.1. The van der Waals surface area contributed by atoms with Gasteiger partial charge in [0.1, 0.15) is 5.75 Å². The van der Waals surface area contributed by atoms with Gasteiger partial charge in [-0.05, 0) is 46.8 Å². The van der Waals surface area contributed by atoms with Gasteiger partial charge in [-0.3, -0.25) is 4.79 Å². The van der Waals surface area contributed by atoms with Gasteiger partial charge < -0.3 is 15.3 Å². The Balaban J connectivity index is 1.75. The van der Waals surface area contributed by atoms with E-state index in [9.17, 15) is 9.90 Å². The molecule has 26 heavy (non-hydrogen) atoms. The van der Waals surface area contributed by atoms with Crippen LogP contribution in [-0.4, -0.2) is 23.0 Å². The van der Waals surface area contributed by atoms with Gasteiger partial charge in [0.05, 0.1) is 11.6 Å². The minimum Gasteiger partial charge on any atom is -0.508 e. The van der Waals surface area contributed by atoms with E-state index >= 15 is 0 Å². The number of anilines is 1. The first-order chi connectivity index (χ1) is 12.6. The molecule has 130 valence electrons. The van der Waals surface area contributed by atoms with Crippen LogP contribution < -0.4 is 5.32 Å². The van der Waals surface area contributed by atoms with Gasteiger partial charge in [0.2, 0.25) is 0 Å². The quantitative estimate of drug-likeness (QED) is 0.723. The largest absolute Gasteiger partial charge is 0.508 e. The monoisotopic (exact) mass is 362 g/mol. The van der Waals surface area contributed by atoms with Crippen molar-refractivity contribution in [3.8, 4) is 5.75 Å². The number of nitrogens with zero attached hydrogens (tertiary/aromatic N) is 1. The average molecular weight is 362 g/mol. The van der Waals surface area contributed by atoms with E-state index in [4.69, 9.17) is 0 Å². The van der Waals surface area contributed by atoms with Gasteiger partial charge in [0.25, 0.3) is 5.91 Å². The molecule has 2 N–H and O–H groups in total. The number of para-hydroxylation sites is 1. The number of benzene rings is 2. The number of phenolic OH excluding ortho intramolecular Hbond substituents is 1. The third-order valence-electron chi connectivity index (χ3n) is 4.45. The summed E-state index contributed by atoms with van der Waals surface area (Å²) in [6.07, 6.45) is 1.88. The van der Waals surface area contributed by atoms with Gasteiger partial charge in [0.15, 0.2) is 0 Å². The number of hydrogen-bond acceptors (Lipinski definition) is 4. The average Bonchev–Trinajstić information content (AvgIpc) is 3.15. The number of hydrogen-bond donors (Lipinski definition) is 2. The molecule has 2 aromatic carbocycles. The lowest BCUT2D eigenvalue weighted by molar-refractivity contribution is -0.111. The number of carbonyl (C=O) groups is 1. The van der Waals surface area contributed by atoms with Crippen molar-refractivity contribution in [3.63, 3.8) is 0 Å². The number of nitrogens with one attached hydrogen (secondary N) is 1. The molecule has 1 atom stereocenters. The minimum atomic E-state index is -0.167. The summed E-state index contributed by atoms with van der Waals surface area (Å²) in [4.78, 5) is 16.1. The molecular formula is C21H18N2O2S. The van der Waals surface area contributed by atoms with Crippen molar-refractivity contribution in [3.05, 3.63) is 88.2 Å². The van der Waals surface area contributed by atoms with Gasteiger partial charge in [-0.15, -0.1) is 11.3 Å². The summed E-state index contributed by atoms with van der Waals surface area (Å²) in [6, 6.07) is 18.6. The molecule has 0 saturated heterocycles. The lowest BCUT2D eigenvalue weighted by Gasteiger charge is -2.33. The Morgan fingerprint density at radius 1 is 1.12 bits per heavy atom. The first-order valence-electron chi connectivity index (χ1n) is 8.30. The van der Waals surface area contributed by atoms with Crippen LogP contribution in [0.15, 0.2) is 72.2 Å². The molecule has 0 aliphatic carbocycles. The highest BCUT2D eigenvalue weighted by molar-refractivity contribution is 7.10. The maximum Gasteiger partial charge on any atom is 0.257 e. The molecule has 1 aromatic heterocycles. The molecule has 2 heterocycles. The molecular weight excluding hydrogens is 344 g/mol. The van der Waals surface area contributed by atoms with E-state index in [0.717, 1.165) is 21.7 Å². The van der Waals surface area contributed by atoms with Crippen LogP contribution in [0.1, 0.15) is 22.0 Å². The van der Waals surface area contributed by atoms with E-state index in [0.29, 0.717) is 5.57 Å². The van der Waals surface area contributed by atoms with Crippen molar-refractivity contribution in [1.29, 1.82) is 0 Å². The molecule has 0 bridgehead atoms. The van der Waals surface area contributed by atoms with Crippen LogP contribution in [0.25, 0.3) is 5.57 Å². The van der Waals surface area contributed by atoms with E-state index in [1.807, 2.05) is 66.0 Å². The van der Waals surface area contributed by atoms with E-state index in [1.54, 1.807) is 23.5 Å². The van der Waals surface area contributed by atoms with E-state index < -0.39 is 0 Å². The van der Waals surface area contributed by atoms with Gasteiger partial charge in [-0.2, -0.15) is 0 Å². The van der Waals surface area contributed by atoms with Crippen LogP contribution in [0.2, 0.25) is 0 Å². The maximum absolute atomic E-state index is 12.9. The minimum absolute atomic E-state index is 0.0228. The lowest BCUT2D eigenvalue weighted by atomic mass is 9.89. The lowest BCUT2D eigenvalue weighted by Crippen LogP contribution is -2.28. The molecule has 0 radical (unpaired) electrons. The Morgan fingerprint density at radius 2 is 1.92 bits per heavy atom. The van der Waals surface area contributed by atoms with Crippen LogP contribution >= 0.6 is 11.3 Å². The number of rotatable bonds is 3. The second-order valence-electron chi connectivity index (χ2n) is 6.22. The SMILES string of the molecule is CN1C=C(C(=O)Nc2ccccc2)c2ccc(O)cc2C1c1cccs1. The van der Waals surface area contributed by atoms with E-state index in [1.165, 1.54) is 0 Å². The van der Waals surface area contributed by atoms with Crippen molar-refractivity contribution in [1.82, 2.24) is 4.90 Å². The predicted molar refractivity (Wildman–Crippen MR) is 105 cm³/mol. The van der Waals surface area contributed by atoms with Crippen LogP contribution in [0, 0.1) is 0 Å². The van der Waals surface area contributed by atoms with Crippen molar-refractivity contribution < 1.29 is 9.90 Å². The smallest absolute Gasteiger partial charge is 0.257 e. The van der Waals surface area contributed by atoms with Crippen molar-refractivity contribution >= 4 is 28.5 Å². The van der Waals surface area contributed by atoms with Crippen molar-refractivity contribution in [2.75, 3.05) is 12.4 Å². The zero-order valence-corrected chi connectivity index (χ0v) is 15.0. The van der Waals surface area contributed by atoms with Gasteiger partial charge in [-0.1, -0.05) is 30.3 Å². The Kier molecular flexibility index (Phi) is 4.22. The van der Waals surface area contributed by atoms with Gasteiger partial charge >= 0.3 is 0 Å². The van der Waals surface area contributed by atoms with Crippen LogP contribution in [-0.2, 0) is 4.79 Å². The number of amides is 1. The Labute approximate surface area is 156 Å². The van der Waals surface area contributed by atoms with Crippen molar-refractivity contribution in [2.24, 2.45) is 0 Å². The first kappa shape index (κ1) is 16.4. The van der Waals surface area contributed by atoms with Crippen molar-refractivity contribution in [2.45, 2.75) is 6.04 Å². The van der Waals surface area contributed by atoms with E-state index in [2.05, 4.69) is 11.4 Å². The Morgan fingerprint density at radius 3 is 2.65 bits per heavy atom. The molecule has 1 aliphatic rings. The fourth-order valence-electron chi connectivity index (χ4n) is 3.29. The second-order valence-corrected chi connectivity index (χ2v) is 7.20. The third-order valence-corrected chi connectivity index (χ3v) is 5.37. The first-order valence-corrected chi connectivity index (χ1v) is 9.18. The summed E-state index contributed by atoms with van der Waals surface area (Å²) < 4.78 is 0. The summed E-state index contributed by atoms with van der Waals surface area (Å²) in [5.74, 6) is 0.0306. The fourth-order valence-corrected chi connectivity index (χ4v) is 4.18. The summed E-state index contributed by atoms with van der Waals surface area (Å²) in [5, 5.41) is 15.0. The summed E-state index contributed by atoms with van der Waals surface area (Å²) in [5.41, 5.74) is 3.10.